The first-order chi connectivity index (χ1) is 16.4. The van der Waals surface area contributed by atoms with E-state index < -0.39 is 18.0 Å². The molecule has 34 heavy (non-hydrogen) atoms. The molecule has 1 atom stereocenters. The van der Waals surface area contributed by atoms with Crippen molar-refractivity contribution in [3.63, 3.8) is 0 Å². The Balaban J connectivity index is 1.44. The number of allylic oxidation sites excluding steroid dienone is 4. The number of aliphatic carboxylic acids is 1. The lowest BCUT2D eigenvalue weighted by Crippen LogP contribution is -2.36. The van der Waals surface area contributed by atoms with Crippen molar-refractivity contribution in [1.82, 2.24) is 9.88 Å². The summed E-state index contributed by atoms with van der Waals surface area (Å²) in [5.74, 6) is -0.0632. The number of urea groups is 1. The van der Waals surface area contributed by atoms with E-state index in [4.69, 9.17) is 21.7 Å². The van der Waals surface area contributed by atoms with E-state index in [1.807, 2.05) is 18.2 Å². The molecule has 3 N–H and O–H groups in total. The molecule has 4 rings (SSSR count). The highest BCUT2D eigenvalue weighted by atomic mass is 32.1. The molecule has 1 aliphatic heterocycles. The minimum absolute atomic E-state index is 0.0797. The zero-order chi connectivity index (χ0) is 24.1. The summed E-state index contributed by atoms with van der Waals surface area (Å²) in [5, 5.41) is 14.5. The summed E-state index contributed by atoms with van der Waals surface area (Å²) in [4.78, 5) is 37.8. The van der Waals surface area contributed by atoms with Crippen molar-refractivity contribution >= 4 is 34.8 Å². The lowest BCUT2D eigenvalue weighted by Gasteiger charge is -2.18. The first kappa shape index (κ1) is 23.2. The number of thiocarbonyl (C=S) groups is 1. The van der Waals surface area contributed by atoms with Crippen molar-refractivity contribution in [2.24, 2.45) is 0 Å². The predicted octanol–water partition coefficient (Wildman–Crippen LogP) is 3.56. The van der Waals surface area contributed by atoms with Crippen LogP contribution in [0.2, 0.25) is 0 Å². The van der Waals surface area contributed by atoms with Gasteiger partial charge in [0.05, 0.1) is 12.5 Å². The van der Waals surface area contributed by atoms with Gasteiger partial charge in [0.2, 0.25) is 6.79 Å². The number of hydrogen-bond donors (Lipinski definition) is 3. The maximum Gasteiger partial charge on any atom is 0.319 e. The first-order valence-electron chi connectivity index (χ1n) is 10.7. The van der Waals surface area contributed by atoms with Gasteiger partial charge in [-0.2, -0.15) is 0 Å². The van der Waals surface area contributed by atoms with Crippen molar-refractivity contribution in [2.45, 2.75) is 31.8 Å². The van der Waals surface area contributed by atoms with Crippen LogP contribution in [0, 0.1) is 0 Å². The van der Waals surface area contributed by atoms with Gasteiger partial charge in [0.1, 0.15) is 5.69 Å². The number of anilines is 1. The number of aromatic nitrogens is 1. The summed E-state index contributed by atoms with van der Waals surface area (Å²) in [7, 11) is 0. The van der Waals surface area contributed by atoms with Crippen LogP contribution in [0.15, 0.2) is 65.1 Å². The smallest absolute Gasteiger partial charge is 0.319 e. The highest BCUT2D eigenvalue weighted by molar-refractivity contribution is 7.80. The molecular formula is C24H23N3O6S. The molecule has 1 aromatic heterocycles. The number of pyridine rings is 1. The van der Waals surface area contributed by atoms with Gasteiger partial charge in [-0.05, 0) is 41.8 Å². The summed E-state index contributed by atoms with van der Waals surface area (Å²) in [5.41, 5.74) is 1.27. The predicted molar refractivity (Wildman–Crippen MR) is 129 cm³/mol. The molecular weight excluding hydrogens is 458 g/mol. The van der Waals surface area contributed by atoms with Crippen LogP contribution in [0.25, 0.3) is 0 Å². The molecule has 0 saturated carbocycles. The fourth-order valence-corrected chi connectivity index (χ4v) is 3.99. The van der Waals surface area contributed by atoms with Crippen molar-refractivity contribution in [2.75, 3.05) is 12.1 Å². The first-order valence-corrected chi connectivity index (χ1v) is 11.1. The average Bonchev–Trinajstić information content (AvgIpc) is 3.28. The minimum atomic E-state index is -1.09. The number of carboxylic acids is 1. The van der Waals surface area contributed by atoms with Crippen LogP contribution >= 0.6 is 12.2 Å². The minimum Gasteiger partial charge on any atom is -0.481 e. The molecule has 10 heteroatoms. The fraction of sp³-hybridized carbons (Fsp3) is 0.250. The third-order valence-corrected chi connectivity index (χ3v) is 5.90. The summed E-state index contributed by atoms with van der Waals surface area (Å²) in [6.07, 6.45) is 8.50. The number of carbonyl (C=O) groups is 2. The SMILES string of the molecule is O=C(O)C[C@H](NC(=O)Nc1cccn(CCC2=CC=CCC2=S)c1=O)c1ccc2c(c1)OCO2. The van der Waals surface area contributed by atoms with Crippen LogP contribution < -0.4 is 25.7 Å². The van der Waals surface area contributed by atoms with Crippen LogP contribution in [0.5, 0.6) is 11.5 Å². The van der Waals surface area contributed by atoms with Gasteiger partial charge >= 0.3 is 12.0 Å². The Morgan fingerprint density at radius 3 is 2.82 bits per heavy atom. The van der Waals surface area contributed by atoms with Gasteiger partial charge in [-0.3, -0.25) is 9.59 Å². The van der Waals surface area contributed by atoms with Crippen LogP contribution in [-0.4, -0.2) is 33.3 Å². The Hall–Kier alpha value is -3.92. The Bertz CT molecular complexity index is 1250. The molecule has 2 aromatic rings. The second-order valence-corrected chi connectivity index (χ2v) is 8.27. The topological polar surface area (TPSA) is 119 Å². The highest BCUT2D eigenvalue weighted by Gasteiger charge is 2.22. The van der Waals surface area contributed by atoms with Gasteiger partial charge in [0.15, 0.2) is 11.5 Å². The third kappa shape index (κ3) is 5.52. The summed E-state index contributed by atoms with van der Waals surface area (Å²) < 4.78 is 12.1. The molecule has 0 bridgehead atoms. The number of aryl methyl sites for hydroxylation is 1. The zero-order valence-corrected chi connectivity index (χ0v) is 19.0. The highest BCUT2D eigenvalue weighted by Crippen LogP contribution is 2.34. The van der Waals surface area contributed by atoms with Gasteiger partial charge in [-0.1, -0.05) is 36.5 Å². The van der Waals surface area contributed by atoms with E-state index in [1.165, 1.54) is 10.6 Å². The molecule has 176 valence electrons. The van der Waals surface area contributed by atoms with E-state index in [0.717, 1.165) is 16.9 Å². The Morgan fingerprint density at radius 2 is 2.03 bits per heavy atom. The number of carboxylic acid groups (broad SMARTS) is 1. The molecule has 0 saturated heterocycles. The van der Waals surface area contributed by atoms with Crippen molar-refractivity contribution in [3.8, 4) is 11.5 Å². The lowest BCUT2D eigenvalue weighted by molar-refractivity contribution is -0.137. The van der Waals surface area contributed by atoms with Gasteiger partial charge in [-0.25, -0.2) is 4.79 Å². The number of nitrogens with zero attached hydrogens (tertiary/aromatic N) is 1. The number of hydrogen-bond acceptors (Lipinski definition) is 6. The Labute approximate surface area is 200 Å². The number of carbonyl (C=O) groups excluding carboxylic acids is 1. The maximum atomic E-state index is 12.8. The molecule has 0 unspecified atom stereocenters. The summed E-state index contributed by atoms with van der Waals surface area (Å²) in [6, 6.07) is 6.58. The van der Waals surface area contributed by atoms with Crippen LogP contribution in [-0.2, 0) is 11.3 Å². The number of benzene rings is 1. The van der Waals surface area contributed by atoms with E-state index in [-0.39, 0.29) is 24.5 Å². The van der Waals surface area contributed by atoms with Gasteiger partial charge in [0, 0.05) is 24.0 Å². The van der Waals surface area contributed by atoms with Crippen molar-refractivity contribution in [3.05, 3.63) is 76.2 Å². The van der Waals surface area contributed by atoms with Crippen LogP contribution in [0.3, 0.4) is 0 Å². The van der Waals surface area contributed by atoms with E-state index in [0.29, 0.717) is 30.0 Å². The molecule has 2 aliphatic rings. The number of fused-ring (bicyclic) bond motifs is 1. The van der Waals surface area contributed by atoms with Crippen molar-refractivity contribution in [1.29, 1.82) is 0 Å². The molecule has 0 spiro atoms. The monoisotopic (exact) mass is 481 g/mol. The maximum absolute atomic E-state index is 12.8. The number of rotatable bonds is 8. The van der Waals surface area contributed by atoms with Crippen LogP contribution in [0.4, 0.5) is 10.5 Å². The van der Waals surface area contributed by atoms with E-state index in [1.54, 1.807) is 30.5 Å². The van der Waals surface area contributed by atoms with E-state index in [2.05, 4.69) is 10.6 Å². The molecule has 0 radical (unpaired) electrons. The zero-order valence-electron chi connectivity index (χ0n) is 18.2. The third-order valence-electron chi connectivity index (χ3n) is 5.47. The van der Waals surface area contributed by atoms with Gasteiger partial charge in [0.25, 0.3) is 5.56 Å². The second-order valence-electron chi connectivity index (χ2n) is 7.78. The van der Waals surface area contributed by atoms with E-state index in [9.17, 15) is 19.5 Å². The lowest BCUT2D eigenvalue weighted by atomic mass is 10.0. The van der Waals surface area contributed by atoms with Gasteiger partial charge < -0.3 is 29.8 Å². The largest absolute Gasteiger partial charge is 0.481 e. The average molecular weight is 482 g/mol. The molecule has 2 amide bonds. The normalized spacial score (nSPS) is 14.9. The summed E-state index contributed by atoms with van der Waals surface area (Å²) in [6.45, 7) is 0.491. The number of amides is 2. The van der Waals surface area contributed by atoms with E-state index >= 15 is 0 Å². The Morgan fingerprint density at radius 1 is 1.21 bits per heavy atom. The fourth-order valence-electron chi connectivity index (χ4n) is 3.73. The standard InChI is InChI=1S/C24H23N3O6S/c28-22(29)13-18(16-7-8-19-20(12-16)33-14-32-19)26-24(31)25-17-5-3-10-27(23(17)30)11-9-15-4-1-2-6-21(15)34/h1-5,7-8,10,12,18H,6,9,11,13-14H2,(H,28,29)(H2,25,26,31)/t18-/m0/s1. The quantitative estimate of drug-likeness (QED) is 0.493. The molecule has 1 aliphatic carbocycles. The Kier molecular flexibility index (Phi) is 7.07. The molecule has 1 aromatic carbocycles. The molecule has 0 fully saturated rings. The molecule has 2 heterocycles. The second kappa shape index (κ2) is 10.3. The summed E-state index contributed by atoms with van der Waals surface area (Å²) >= 11 is 5.37. The number of ether oxygens (including phenoxy) is 2. The number of nitrogens with one attached hydrogen (secondary N) is 2. The van der Waals surface area contributed by atoms with Crippen LogP contribution in [0.1, 0.15) is 30.9 Å². The molecule has 9 nitrogen and oxygen atoms in total. The van der Waals surface area contributed by atoms with Crippen molar-refractivity contribution < 1.29 is 24.2 Å². The van der Waals surface area contributed by atoms with Gasteiger partial charge in [-0.15, -0.1) is 0 Å².